The Kier molecular flexibility index (Phi) is 2.00. The summed E-state index contributed by atoms with van der Waals surface area (Å²) in [6.45, 7) is 1.97. The second kappa shape index (κ2) is 3.03. The van der Waals surface area contributed by atoms with Crippen molar-refractivity contribution in [2.24, 2.45) is 0 Å². The summed E-state index contributed by atoms with van der Waals surface area (Å²) >= 11 is 3.36. The van der Waals surface area contributed by atoms with Gasteiger partial charge in [0.1, 0.15) is 5.75 Å². The van der Waals surface area contributed by atoms with Crippen LogP contribution in [0.2, 0.25) is 0 Å². The molecule has 4 heteroatoms. The van der Waals surface area contributed by atoms with E-state index in [-0.39, 0.29) is 0 Å². The van der Waals surface area contributed by atoms with Crippen LogP contribution in [0.4, 0.5) is 5.69 Å². The Labute approximate surface area is 84.2 Å². The number of benzene rings is 1. The van der Waals surface area contributed by atoms with Crippen molar-refractivity contribution < 1.29 is 9.53 Å². The van der Waals surface area contributed by atoms with E-state index in [9.17, 15) is 4.79 Å². The standard InChI is InChI=1S/C9H8BrNO2/c1-5-2-6(10)3-7-9(5)11-8(4-12)13-7/h2-4,8,11H,1H3. The predicted molar refractivity (Wildman–Crippen MR) is 53.0 cm³/mol. The smallest absolute Gasteiger partial charge is 0.226 e. The quantitative estimate of drug-likeness (QED) is 0.766. The highest BCUT2D eigenvalue weighted by atomic mass is 79.9. The van der Waals surface area contributed by atoms with E-state index in [1.165, 1.54) is 0 Å². The maximum atomic E-state index is 10.5. The lowest BCUT2D eigenvalue weighted by molar-refractivity contribution is -0.112. The molecule has 1 aliphatic heterocycles. The van der Waals surface area contributed by atoms with Crippen molar-refractivity contribution in [1.82, 2.24) is 0 Å². The first-order valence-electron chi connectivity index (χ1n) is 3.89. The maximum Gasteiger partial charge on any atom is 0.226 e. The number of nitrogens with one attached hydrogen (secondary N) is 1. The summed E-state index contributed by atoms with van der Waals surface area (Å²) in [5, 5.41) is 2.97. The first kappa shape index (κ1) is 8.56. The summed E-state index contributed by atoms with van der Waals surface area (Å²) in [5.74, 6) is 0.726. The number of rotatable bonds is 1. The first-order chi connectivity index (χ1) is 6.20. The molecule has 1 heterocycles. The van der Waals surface area contributed by atoms with Crippen molar-refractivity contribution in [1.29, 1.82) is 0 Å². The van der Waals surface area contributed by atoms with Crippen LogP contribution in [0.1, 0.15) is 5.56 Å². The number of carbonyl (C=O) groups excluding carboxylic acids is 1. The molecule has 0 bridgehead atoms. The SMILES string of the molecule is Cc1cc(Br)cc2c1NC(C=O)O2. The molecule has 1 atom stereocenters. The minimum Gasteiger partial charge on any atom is -0.461 e. The lowest BCUT2D eigenvalue weighted by Crippen LogP contribution is -2.21. The highest BCUT2D eigenvalue weighted by Gasteiger charge is 2.22. The lowest BCUT2D eigenvalue weighted by atomic mass is 10.2. The third kappa shape index (κ3) is 1.42. The van der Waals surface area contributed by atoms with Crippen molar-refractivity contribution in [3.63, 3.8) is 0 Å². The van der Waals surface area contributed by atoms with E-state index in [0.717, 1.165) is 27.8 Å². The number of hydrogen-bond acceptors (Lipinski definition) is 3. The zero-order chi connectivity index (χ0) is 9.42. The van der Waals surface area contributed by atoms with Gasteiger partial charge in [-0.15, -0.1) is 0 Å². The van der Waals surface area contributed by atoms with Crippen LogP contribution < -0.4 is 10.1 Å². The average molecular weight is 242 g/mol. The number of halogens is 1. The summed E-state index contributed by atoms with van der Waals surface area (Å²) in [6.07, 6.45) is 0.205. The molecule has 0 fully saturated rings. The molecule has 0 saturated heterocycles. The molecule has 0 aliphatic carbocycles. The van der Waals surface area contributed by atoms with E-state index < -0.39 is 6.23 Å². The molecule has 1 aromatic rings. The first-order valence-corrected chi connectivity index (χ1v) is 4.68. The molecule has 1 unspecified atom stereocenters. The Morgan fingerprint density at radius 1 is 1.62 bits per heavy atom. The van der Waals surface area contributed by atoms with Gasteiger partial charge in [-0.05, 0) is 24.6 Å². The van der Waals surface area contributed by atoms with Crippen LogP contribution >= 0.6 is 15.9 Å². The van der Waals surface area contributed by atoms with Crippen LogP contribution in [0.15, 0.2) is 16.6 Å². The normalized spacial score (nSPS) is 18.8. The van der Waals surface area contributed by atoms with Crippen molar-refractivity contribution in [2.75, 3.05) is 5.32 Å². The van der Waals surface area contributed by atoms with Crippen LogP contribution in [-0.4, -0.2) is 12.5 Å². The van der Waals surface area contributed by atoms with E-state index in [4.69, 9.17) is 4.74 Å². The fourth-order valence-corrected chi connectivity index (χ4v) is 1.91. The largest absolute Gasteiger partial charge is 0.461 e. The molecule has 1 aromatic carbocycles. The van der Waals surface area contributed by atoms with Crippen LogP contribution in [0.5, 0.6) is 5.75 Å². The van der Waals surface area contributed by atoms with E-state index in [1.54, 1.807) is 0 Å². The van der Waals surface area contributed by atoms with Crippen LogP contribution in [-0.2, 0) is 4.79 Å². The number of carbonyl (C=O) groups is 1. The maximum absolute atomic E-state index is 10.5. The third-order valence-corrected chi connectivity index (χ3v) is 2.39. The summed E-state index contributed by atoms with van der Waals surface area (Å²) in [7, 11) is 0. The van der Waals surface area contributed by atoms with Gasteiger partial charge in [-0.1, -0.05) is 15.9 Å². The van der Waals surface area contributed by atoms with Gasteiger partial charge < -0.3 is 10.1 Å². The lowest BCUT2D eigenvalue weighted by Gasteiger charge is -2.01. The highest BCUT2D eigenvalue weighted by molar-refractivity contribution is 9.10. The van der Waals surface area contributed by atoms with Gasteiger partial charge in [-0.25, -0.2) is 0 Å². The Hall–Kier alpha value is -1.03. The molecule has 0 saturated carbocycles. The minimum absolute atomic E-state index is 0.539. The molecule has 13 heavy (non-hydrogen) atoms. The number of ether oxygens (including phenoxy) is 1. The Morgan fingerprint density at radius 3 is 3.08 bits per heavy atom. The molecule has 1 aliphatic rings. The van der Waals surface area contributed by atoms with Crippen molar-refractivity contribution in [3.05, 3.63) is 22.2 Å². The molecule has 1 N–H and O–H groups in total. The average Bonchev–Trinajstić information content (AvgIpc) is 2.47. The number of fused-ring (bicyclic) bond motifs is 1. The summed E-state index contributed by atoms with van der Waals surface area (Å²) in [6, 6.07) is 3.82. The van der Waals surface area contributed by atoms with Gasteiger partial charge in [0.05, 0.1) is 5.69 Å². The van der Waals surface area contributed by atoms with Gasteiger partial charge >= 0.3 is 0 Å². The molecular weight excluding hydrogens is 234 g/mol. The molecule has 0 amide bonds. The second-order valence-corrected chi connectivity index (χ2v) is 3.83. The number of aryl methyl sites for hydroxylation is 1. The monoisotopic (exact) mass is 241 g/mol. The zero-order valence-corrected chi connectivity index (χ0v) is 8.59. The minimum atomic E-state index is -0.539. The van der Waals surface area contributed by atoms with E-state index >= 15 is 0 Å². The molecular formula is C9H8BrNO2. The summed E-state index contributed by atoms with van der Waals surface area (Å²) in [4.78, 5) is 10.5. The predicted octanol–water partition coefficient (Wildman–Crippen LogP) is 2.09. The Bertz CT molecular complexity index is 365. The van der Waals surface area contributed by atoms with Gasteiger partial charge in [0, 0.05) is 4.47 Å². The van der Waals surface area contributed by atoms with Crippen LogP contribution in [0.25, 0.3) is 0 Å². The van der Waals surface area contributed by atoms with Crippen LogP contribution in [0.3, 0.4) is 0 Å². The van der Waals surface area contributed by atoms with Crippen molar-refractivity contribution in [2.45, 2.75) is 13.2 Å². The van der Waals surface area contributed by atoms with Gasteiger partial charge in [-0.2, -0.15) is 0 Å². The molecule has 0 radical (unpaired) electrons. The number of anilines is 1. The third-order valence-electron chi connectivity index (χ3n) is 1.93. The van der Waals surface area contributed by atoms with Crippen molar-refractivity contribution >= 4 is 27.9 Å². The molecule has 3 nitrogen and oxygen atoms in total. The number of aldehydes is 1. The molecule has 0 spiro atoms. The van der Waals surface area contributed by atoms with Crippen molar-refractivity contribution in [3.8, 4) is 5.75 Å². The fourth-order valence-electron chi connectivity index (χ4n) is 1.36. The zero-order valence-electron chi connectivity index (χ0n) is 7.00. The van der Waals surface area contributed by atoms with E-state index in [2.05, 4.69) is 21.2 Å². The Balaban J connectivity index is 2.45. The van der Waals surface area contributed by atoms with Gasteiger partial charge in [0.15, 0.2) is 6.29 Å². The molecule has 0 aromatic heterocycles. The van der Waals surface area contributed by atoms with Gasteiger partial charge in [0.2, 0.25) is 6.23 Å². The Morgan fingerprint density at radius 2 is 2.38 bits per heavy atom. The summed E-state index contributed by atoms with van der Waals surface area (Å²) in [5.41, 5.74) is 1.97. The van der Waals surface area contributed by atoms with E-state index in [0.29, 0.717) is 0 Å². The highest BCUT2D eigenvalue weighted by Crippen LogP contribution is 2.36. The topological polar surface area (TPSA) is 38.3 Å². The molecule has 68 valence electrons. The fraction of sp³-hybridized carbons (Fsp3) is 0.222. The van der Waals surface area contributed by atoms with Gasteiger partial charge in [-0.3, -0.25) is 4.79 Å². The number of hydrogen-bond donors (Lipinski definition) is 1. The summed E-state index contributed by atoms with van der Waals surface area (Å²) < 4.78 is 6.26. The van der Waals surface area contributed by atoms with Gasteiger partial charge in [0.25, 0.3) is 0 Å². The second-order valence-electron chi connectivity index (χ2n) is 2.91. The van der Waals surface area contributed by atoms with Crippen LogP contribution in [0, 0.1) is 6.92 Å². The molecule has 2 rings (SSSR count). The van der Waals surface area contributed by atoms with E-state index in [1.807, 2.05) is 19.1 Å².